The highest BCUT2D eigenvalue weighted by atomic mass is 32.2. The summed E-state index contributed by atoms with van der Waals surface area (Å²) in [5.74, 6) is -0.636. The van der Waals surface area contributed by atoms with Crippen molar-refractivity contribution in [2.24, 2.45) is 0 Å². The zero-order valence-corrected chi connectivity index (χ0v) is 12.3. The molecule has 0 fully saturated rings. The van der Waals surface area contributed by atoms with Gasteiger partial charge in [0.1, 0.15) is 5.82 Å². The molecule has 0 saturated carbocycles. The molecule has 2 N–H and O–H groups in total. The summed E-state index contributed by atoms with van der Waals surface area (Å²) in [7, 11) is -3.74. The second kappa shape index (κ2) is 6.33. The fraction of sp³-hybridized carbons (Fsp3) is 0.308. The highest BCUT2D eigenvalue weighted by Crippen LogP contribution is 2.15. The molecule has 0 aliphatic rings. The summed E-state index contributed by atoms with van der Waals surface area (Å²) in [5, 5.41) is 13.0. The minimum atomic E-state index is -3.74. The van der Waals surface area contributed by atoms with Crippen LogP contribution in [0.1, 0.15) is 11.1 Å². The minimum absolute atomic E-state index is 0.0550. The molecule has 0 saturated heterocycles. The van der Waals surface area contributed by atoms with Crippen molar-refractivity contribution in [3.05, 3.63) is 47.5 Å². The van der Waals surface area contributed by atoms with E-state index >= 15 is 0 Å². The molecule has 0 radical (unpaired) electrons. The Kier molecular flexibility index (Phi) is 4.71. The van der Waals surface area contributed by atoms with Gasteiger partial charge in [-0.05, 0) is 30.7 Å². The first-order valence-corrected chi connectivity index (χ1v) is 7.79. The molecule has 1 aromatic carbocycles. The first-order chi connectivity index (χ1) is 9.92. The van der Waals surface area contributed by atoms with Crippen LogP contribution in [0, 0.1) is 12.7 Å². The van der Waals surface area contributed by atoms with Gasteiger partial charge in [0.25, 0.3) is 0 Å². The van der Waals surface area contributed by atoms with Gasteiger partial charge in [-0.2, -0.15) is 5.10 Å². The van der Waals surface area contributed by atoms with Crippen LogP contribution in [0.2, 0.25) is 0 Å². The molecule has 2 aromatic rings. The number of aliphatic hydroxyl groups is 1. The Morgan fingerprint density at radius 3 is 2.81 bits per heavy atom. The van der Waals surface area contributed by atoms with Gasteiger partial charge in [-0.3, -0.25) is 4.68 Å². The van der Waals surface area contributed by atoms with Gasteiger partial charge in [-0.1, -0.05) is 0 Å². The molecule has 0 unspecified atom stereocenters. The molecule has 114 valence electrons. The quantitative estimate of drug-likeness (QED) is 0.826. The number of aryl methyl sites for hydroxylation is 1. The molecule has 0 aliphatic carbocycles. The molecule has 0 spiro atoms. The Hall–Kier alpha value is -1.77. The molecule has 8 heteroatoms. The van der Waals surface area contributed by atoms with Crippen LogP contribution in [0.15, 0.2) is 35.5 Å². The van der Waals surface area contributed by atoms with Crippen LogP contribution in [-0.2, 0) is 23.2 Å². The summed E-state index contributed by atoms with van der Waals surface area (Å²) >= 11 is 0. The maximum atomic E-state index is 13.2. The topological polar surface area (TPSA) is 84.2 Å². The van der Waals surface area contributed by atoms with E-state index in [0.29, 0.717) is 6.54 Å². The SMILES string of the molecule is Cc1cnn(CCNS(=O)(=O)c2ccc(F)c(CO)c2)c1. The Morgan fingerprint density at radius 2 is 2.19 bits per heavy atom. The Morgan fingerprint density at radius 1 is 1.43 bits per heavy atom. The summed E-state index contributed by atoms with van der Waals surface area (Å²) in [6.45, 7) is 1.89. The summed E-state index contributed by atoms with van der Waals surface area (Å²) in [4.78, 5) is -0.0791. The number of aromatic nitrogens is 2. The molecule has 21 heavy (non-hydrogen) atoms. The monoisotopic (exact) mass is 313 g/mol. The lowest BCUT2D eigenvalue weighted by molar-refractivity contribution is 0.275. The average molecular weight is 313 g/mol. The lowest BCUT2D eigenvalue weighted by Crippen LogP contribution is -2.27. The first-order valence-electron chi connectivity index (χ1n) is 6.30. The van der Waals surface area contributed by atoms with E-state index in [2.05, 4.69) is 9.82 Å². The average Bonchev–Trinajstić information content (AvgIpc) is 2.84. The number of hydrogen-bond acceptors (Lipinski definition) is 4. The predicted octanol–water partition coefficient (Wildman–Crippen LogP) is 0.801. The van der Waals surface area contributed by atoms with Crippen molar-refractivity contribution in [3.63, 3.8) is 0 Å². The van der Waals surface area contributed by atoms with Crippen LogP contribution >= 0.6 is 0 Å². The molecular weight excluding hydrogens is 297 g/mol. The van der Waals surface area contributed by atoms with Crippen LogP contribution < -0.4 is 4.72 Å². The Labute approximate surface area is 122 Å². The number of nitrogens with zero attached hydrogens (tertiary/aromatic N) is 2. The van der Waals surface area contributed by atoms with Gasteiger partial charge in [0.15, 0.2) is 0 Å². The zero-order chi connectivity index (χ0) is 15.5. The summed E-state index contributed by atoms with van der Waals surface area (Å²) in [6, 6.07) is 3.31. The van der Waals surface area contributed by atoms with Crippen LogP contribution in [-0.4, -0.2) is 29.8 Å². The normalized spacial score (nSPS) is 11.8. The molecular formula is C13H16FN3O3S. The maximum absolute atomic E-state index is 13.2. The van der Waals surface area contributed by atoms with E-state index in [1.54, 1.807) is 17.1 Å². The highest BCUT2D eigenvalue weighted by molar-refractivity contribution is 7.89. The van der Waals surface area contributed by atoms with Crippen LogP contribution in [0.5, 0.6) is 0 Å². The third-order valence-corrected chi connectivity index (χ3v) is 4.35. The molecule has 6 nitrogen and oxygen atoms in total. The number of benzene rings is 1. The summed E-state index contributed by atoms with van der Waals surface area (Å²) in [6.07, 6.45) is 3.48. The molecule has 1 heterocycles. The van der Waals surface area contributed by atoms with Gasteiger partial charge in [0, 0.05) is 18.3 Å². The summed E-state index contributed by atoms with van der Waals surface area (Å²) < 4.78 is 41.4. The van der Waals surface area contributed by atoms with Gasteiger partial charge < -0.3 is 5.11 Å². The van der Waals surface area contributed by atoms with Crippen molar-refractivity contribution in [1.82, 2.24) is 14.5 Å². The lowest BCUT2D eigenvalue weighted by Gasteiger charge is -2.08. The van der Waals surface area contributed by atoms with E-state index in [1.807, 2.05) is 6.92 Å². The molecule has 2 rings (SSSR count). The number of sulfonamides is 1. The van der Waals surface area contributed by atoms with E-state index in [4.69, 9.17) is 5.11 Å². The van der Waals surface area contributed by atoms with Gasteiger partial charge in [-0.25, -0.2) is 17.5 Å². The fourth-order valence-corrected chi connectivity index (χ4v) is 2.88. The van der Waals surface area contributed by atoms with Crippen molar-refractivity contribution in [1.29, 1.82) is 0 Å². The molecule has 0 atom stereocenters. The number of aliphatic hydroxyl groups excluding tert-OH is 1. The number of hydrogen-bond donors (Lipinski definition) is 2. The van der Waals surface area contributed by atoms with Gasteiger partial charge in [0.05, 0.1) is 24.2 Å². The van der Waals surface area contributed by atoms with Gasteiger partial charge in [0.2, 0.25) is 10.0 Å². The van der Waals surface area contributed by atoms with Gasteiger partial charge >= 0.3 is 0 Å². The molecule has 0 aliphatic heterocycles. The van der Waals surface area contributed by atoms with E-state index in [0.717, 1.165) is 23.8 Å². The van der Waals surface area contributed by atoms with Crippen LogP contribution in [0.4, 0.5) is 4.39 Å². The third kappa shape index (κ3) is 3.87. The first kappa shape index (κ1) is 15.6. The standard InChI is InChI=1S/C13H16FN3O3S/c1-10-7-15-17(8-10)5-4-16-21(19,20)12-2-3-13(14)11(6-12)9-18/h2-3,6-8,16,18H,4-5,9H2,1H3. The largest absolute Gasteiger partial charge is 0.392 e. The highest BCUT2D eigenvalue weighted by Gasteiger charge is 2.15. The zero-order valence-electron chi connectivity index (χ0n) is 11.5. The Balaban J connectivity index is 2.04. The van der Waals surface area contributed by atoms with E-state index in [-0.39, 0.29) is 17.0 Å². The van der Waals surface area contributed by atoms with Gasteiger partial charge in [-0.15, -0.1) is 0 Å². The van der Waals surface area contributed by atoms with Crippen molar-refractivity contribution < 1.29 is 17.9 Å². The van der Waals surface area contributed by atoms with E-state index in [9.17, 15) is 12.8 Å². The second-order valence-corrected chi connectivity index (χ2v) is 6.36. The third-order valence-electron chi connectivity index (χ3n) is 2.89. The number of halogens is 1. The van der Waals surface area contributed by atoms with Crippen molar-refractivity contribution in [2.45, 2.75) is 25.0 Å². The fourth-order valence-electron chi connectivity index (χ4n) is 1.81. The predicted molar refractivity (Wildman–Crippen MR) is 74.5 cm³/mol. The molecule has 0 bridgehead atoms. The minimum Gasteiger partial charge on any atom is -0.392 e. The van der Waals surface area contributed by atoms with Crippen LogP contribution in [0.3, 0.4) is 0 Å². The number of nitrogens with one attached hydrogen (secondary N) is 1. The lowest BCUT2D eigenvalue weighted by atomic mass is 10.2. The maximum Gasteiger partial charge on any atom is 0.240 e. The molecule has 0 amide bonds. The number of rotatable bonds is 6. The van der Waals surface area contributed by atoms with Crippen molar-refractivity contribution in [2.75, 3.05) is 6.54 Å². The smallest absolute Gasteiger partial charge is 0.240 e. The van der Waals surface area contributed by atoms with Crippen molar-refractivity contribution >= 4 is 10.0 Å². The van der Waals surface area contributed by atoms with Crippen molar-refractivity contribution in [3.8, 4) is 0 Å². The van der Waals surface area contributed by atoms with E-state index < -0.39 is 22.4 Å². The van der Waals surface area contributed by atoms with Crippen LogP contribution in [0.25, 0.3) is 0 Å². The van der Waals surface area contributed by atoms with E-state index in [1.165, 1.54) is 0 Å². The second-order valence-electron chi connectivity index (χ2n) is 4.59. The molecule has 1 aromatic heterocycles. The Bertz CT molecular complexity index is 728. The summed E-state index contributed by atoms with van der Waals surface area (Å²) in [5.41, 5.74) is 0.935.